The van der Waals surface area contributed by atoms with E-state index in [1.165, 1.54) is 27.1 Å². The number of amides is 1. The van der Waals surface area contributed by atoms with Crippen LogP contribution >= 0.6 is 0 Å². The van der Waals surface area contributed by atoms with Crippen molar-refractivity contribution in [2.75, 3.05) is 30.4 Å². The number of rotatable bonds is 8. The first kappa shape index (κ1) is 30.6. The van der Waals surface area contributed by atoms with Gasteiger partial charge in [0.1, 0.15) is 12.4 Å². The quantitative estimate of drug-likeness (QED) is 0.326. The van der Waals surface area contributed by atoms with Gasteiger partial charge in [-0.25, -0.2) is 4.98 Å². The normalized spacial score (nSPS) is 12.3. The number of nitrogens with zero attached hydrogens (tertiary/aromatic N) is 2. The van der Waals surface area contributed by atoms with Crippen molar-refractivity contribution in [2.24, 2.45) is 0 Å². The molecule has 0 unspecified atom stereocenters. The summed E-state index contributed by atoms with van der Waals surface area (Å²) >= 11 is 0. The highest BCUT2D eigenvalue weighted by atomic mass is 19.4. The lowest BCUT2D eigenvalue weighted by Crippen LogP contribution is -2.42. The average molecular weight is 568 g/mol. The fourth-order valence-electron chi connectivity index (χ4n) is 4.12. The van der Waals surface area contributed by atoms with E-state index in [4.69, 9.17) is 5.11 Å². The SMILES string of the molecule is Cc1ccccc1-c1cc(NCC(=O)CO)ncc1N(C)C(=O)C(C)(C)c1cc(C(F)(F)F)cc(C(F)(F)F)c1. The molecule has 0 saturated heterocycles. The van der Waals surface area contributed by atoms with E-state index in [1.807, 2.05) is 13.0 Å². The van der Waals surface area contributed by atoms with Gasteiger partial charge in [-0.2, -0.15) is 26.3 Å². The zero-order valence-electron chi connectivity index (χ0n) is 22.0. The Morgan fingerprint density at radius 2 is 1.45 bits per heavy atom. The van der Waals surface area contributed by atoms with Crippen LogP contribution in [-0.2, 0) is 27.4 Å². The number of carbonyl (C=O) groups is 2. The molecule has 214 valence electrons. The lowest BCUT2D eigenvalue weighted by Gasteiger charge is -2.32. The van der Waals surface area contributed by atoms with Gasteiger partial charge in [-0.3, -0.25) is 9.59 Å². The summed E-state index contributed by atoms with van der Waals surface area (Å²) in [6, 6.07) is 9.80. The number of aliphatic hydroxyl groups is 1. The first-order chi connectivity index (χ1) is 18.5. The molecule has 6 nitrogen and oxygen atoms in total. The number of aryl methyl sites for hydroxylation is 1. The van der Waals surface area contributed by atoms with Crippen molar-refractivity contribution in [2.45, 2.75) is 38.5 Å². The van der Waals surface area contributed by atoms with Gasteiger partial charge in [0, 0.05) is 12.6 Å². The minimum atomic E-state index is -5.07. The third-order valence-corrected chi connectivity index (χ3v) is 6.47. The molecule has 0 aliphatic heterocycles. The largest absolute Gasteiger partial charge is 0.416 e. The molecule has 0 aliphatic carbocycles. The number of Topliss-reactive ketones (excluding diaryl/α,β-unsaturated/α-hetero) is 1. The molecule has 40 heavy (non-hydrogen) atoms. The van der Waals surface area contributed by atoms with Crippen LogP contribution in [0.2, 0.25) is 0 Å². The summed E-state index contributed by atoms with van der Waals surface area (Å²) in [6.07, 6.45) is -8.82. The number of ketones is 1. The molecular weight excluding hydrogens is 540 g/mol. The van der Waals surface area contributed by atoms with Crippen LogP contribution in [0.4, 0.5) is 37.8 Å². The Balaban J connectivity index is 2.12. The van der Waals surface area contributed by atoms with E-state index in [9.17, 15) is 35.9 Å². The summed E-state index contributed by atoms with van der Waals surface area (Å²) in [5.74, 6) is -1.03. The third kappa shape index (κ3) is 6.61. The standard InChI is InChI=1S/C28H27F6N3O3/c1-16-7-5-6-8-21(16)22-12-24(35-13-20(39)15-38)36-14-23(22)37(4)25(40)26(2,3)17-9-18(27(29,30)31)11-19(10-17)28(32,33)34/h5-12,14,38H,13,15H2,1-4H3,(H,35,36). The van der Waals surface area contributed by atoms with Crippen molar-refractivity contribution in [3.8, 4) is 11.1 Å². The van der Waals surface area contributed by atoms with Crippen LogP contribution in [0.5, 0.6) is 0 Å². The Bertz CT molecular complexity index is 1380. The number of aromatic nitrogens is 1. The number of halogens is 6. The first-order valence-electron chi connectivity index (χ1n) is 12.0. The second-order valence-electron chi connectivity index (χ2n) is 9.74. The van der Waals surface area contributed by atoms with Crippen LogP contribution in [-0.4, -0.2) is 42.0 Å². The number of nitrogens with one attached hydrogen (secondary N) is 1. The van der Waals surface area contributed by atoms with Crippen LogP contribution in [0.25, 0.3) is 11.1 Å². The highest BCUT2D eigenvalue weighted by Gasteiger charge is 2.41. The predicted octanol–water partition coefficient (Wildman–Crippen LogP) is 6.01. The third-order valence-electron chi connectivity index (χ3n) is 6.47. The van der Waals surface area contributed by atoms with Crippen LogP contribution in [0.15, 0.2) is 54.7 Å². The number of hydrogen-bond donors (Lipinski definition) is 2. The van der Waals surface area contributed by atoms with E-state index >= 15 is 0 Å². The van der Waals surface area contributed by atoms with E-state index in [2.05, 4.69) is 10.3 Å². The number of benzene rings is 2. The summed E-state index contributed by atoms with van der Waals surface area (Å²) in [5.41, 5.74) is -3.13. The van der Waals surface area contributed by atoms with E-state index in [-0.39, 0.29) is 24.1 Å². The number of anilines is 2. The predicted molar refractivity (Wildman–Crippen MR) is 138 cm³/mol. The van der Waals surface area contributed by atoms with Gasteiger partial charge in [0.2, 0.25) is 5.91 Å². The molecule has 3 aromatic rings. The Morgan fingerprint density at radius 1 is 0.900 bits per heavy atom. The monoisotopic (exact) mass is 567 g/mol. The summed E-state index contributed by atoms with van der Waals surface area (Å²) in [7, 11) is 1.35. The van der Waals surface area contributed by atoms with Crippen molar-refractivity contribution in [1.29, 1.82) is 0 Å². The molecule has 1 heterocycles. The molecule has 0 aliphatic rings. The summed E-state index contributed by atoms with van der Waals surface area (Å²) in [6.45, 7) is 3.43. The van der Waals surface area contributed by atoms with Crippen LogP contribution < -0.4 is 10.2 Å². The highest BCUT2D eigenvalue weighted by Crippen LogP contribution is 2.41. The molecule has 0 saturated carbocycles. The molecule has 1 aromatic heterocycles. The second-order valence-corrected chi connectivity index (χ2v) is 9.74. The van der Waals surface area contributed by atoms with Gasteiger partial charge in [-0.05, 0) is 61.7 Å². The van der Waals surface area contributed by atoms with Crippen molar-refractivity contribution in [1.82, 2.24) is 4.98 Å². The number of pyridine rings is 1. The van der Waals surface area contributed by atoms with Gasteiger partial charge in [0.05, 0.1) is 35.0 Å². The average Bonchev–Trinajstić information content (AvgIpc) is 2.89. The Morgan fingerprint density at radius 3 is 1.98 bits per heavy atom. The highest BCUT2D eigenvalue weighted by molar-refractivity contribution is 6.03. The van der Waals surface area contributed by atoms with Gasteiger partial charge in [-0.15, -0.1) is 0 Å². The van der Waals surface area contributed by atoms with Gasteiger partial charge < -0.3 is 15.3 Å². The number of hydrogen-bond acceptors (Lipinski definition) is 5. The molecule has 12 heteroatoms. The molecule has 0 bridgehead atoms. The fraction of sp³-hybridized carbons (Fsp3) is 0.321. The van der Waals surface area contributed by atoms with Crippen LogP contribution in [0.1, 0.15) is 36.1 Å². The van der Waals surface area contributed by atoms with Crippen molar-refractivity contribution >= 4 is 23.2 Å². The molecular formula is C28H27F6N3O3. The molecule has 0 radical (unpaired) electrons. The summed E-state index contributed by atoms with van der Waals surface area (Å²) < 4.78 is 80.9. The number of likely N-dealkylation sites (N-methyl/N-ethyl adjacent to an activating group) is 1. The fourth-order valence-corrected chi connectivity index (χ4v) is 4.12. The molecule has 0 spiro atoms. The number of carbonyl (C=O) groups excluding carboxylic acids is 2. The minimum absolute atomic E-state index is 0.0151. The summed E-state index contributed by atoms with van der Waals surface area (Å²) in [4.78, 5) is 30.6. The number of aliphatic hydroxyl groups excluding tert-OH is 1. The number of alkyl halides is 6. The second kappa shape index (κ2) is 11.3. The van der Waals surface area contributed by atoms with Gasteiger partial charge in [0.15, 0.2) is 5.78 Å². The topological polar surface area (TPSA) is 82.5 Å². The van der Waals surface area contributed by atoms with Crippen molar-refractivity contribution in [3.63, 3.8) is 0 Å². The van der Waals surface area contributed by atoms with Gasteiger partial charge >= 0.3 is 12.4 Å². The zero-order valence-corrected chi connectivity index (χ0v) is 22.0. The maximum atomic E-state index is 13.7. The smallest absolute Gasteiger partial charge is 0.389 e. The first-order valence-corrected chi connectivity index (χ1v) is 12.0. The van der Waals surface area contributed by atoms with Gasteiger partial charge in [0.25, 0.3) is 0 Å². The molecule has 2 N–H and O–H groups in total. The molecule has 1 amide bonds. The van der Waals surface area contributed by atoms with Crippen LogP contribution in [0, 0.1) is 6.92 Å². The Labute approximate surface area is 226 Å². The van der Waals surface area contributed by atoms with Crippen LogP contribution in [0.3, 0.4) is 0 Å². The zero-order chi connectivity index (χ0) is 30.0. The van der Waals surface area contributed by atoms with Crippen molar-refractivity contribution in [3.05, 3.63) is 77.0 Å². The molecule has 0 fully saturated rings. The lowest BCUT2D eigenvalue weighted by atomic mass is 9.81. The molecule has 2 aromatic carbocycles. The van der Waals surface area contributed by atoms with Gasteiger partial charge in [-0.1, -0.05) is 24.3 Å². The Kier molecular flexibility index (Phi) is 8.63. The summed E-state index contributed by atoms with van der Waals surface area (Å²) in [5, 5.41) is 11.8. The van der Waals surface area contributed by atoms with E-state index < -0.39 is 52.8 Å². The van der Waals surface area contributed by atoms with E-state index in [0.29, 0.717) is 23.3 Å². The van der Waals surface area contributed by atoms with Crippen molar-refractivity contribution < 1.29 is 41.0 Å². The minimum Gasteiger partial charge on any atom is -0.389 e. The molecule has 3 rings (SSSR count). The Hall–Kier alpha value is -3.93. The maximum Gasteiger partial charge on any atom is 0.416 e. The maximum absolute atomic E-state index is 13.7. The van der Waals surface area contributed by atoms with E-state index in [0.717, 1.165) is 10.5 Å². The molecule has 0 atom stereocenters. The van der Waals surface area contributed by atoms with E-state index in [1.54, 1.807) is 24.3 Å². The lowest BCUT2D eigenvalue weighted by molar-refractivity contribution is -0.143.